The highest BCUT2D eigenvalue weighted by Crippen LogP contribution is 2.14. The topological polar surface area (TPSA) is 103 Å². The van der Waals surface area contributed by atoms with E-state index in [1.54, 1.807) is 0 Å². The van der Waals surface area contributed by atoms with Gasteiger partial charge in [0.15, 0.2) is 0 Å². The summed E-state index contributed by atoms with van der Waals surface area (Å²) in [6.07, 6.45) is 45.7. The van der Waals surface area contributed by atoms with Crippen LogP contribution in [0.5, 0.6) is 0 Å². The third kappa shape index (κ3) is 46.0. The van der Waals surface area contributed by atoms with E-state index in [1.165, 1.54) is 77.0 Å². The van der Waals surface area contributed by atoms with Gasteiger partial charge in [-0.15, -0.1) is 0 Å². The number of rotatable bonds is 43. The van der Waals surface area contributed by atoms with E-state index in [-0.39, 0.29) is 18.0 Å². The first kappa shape index (κ1) is 56.1. The number of esters is 2. The number of hydrogen-bond donors (Lipinski definition) is 1. The summed E-state index contributed by atoms with van der Waals surface area (Å²) >= 11 is 0. The molecular formula is C50H90N2O7. The van der Waals surface area contributed by atoms with Gasteiger partial charge < -0.3 is 29.2 Å². The fourth-order valence-electron chi connectivity index (χ4n) is 6.33. The summed E-state index contributed by atoms with van der Waals surface area (Å²) in [5.41, 5.74) is 0. The van der Waals surface area contributed by atoms with Crippen LogP contribution in [0.3, 0.4) is 0 Å². The van der Waals surface area contributed by atoms with Gasteiger partial charge in [-0.3, -0.25) is 9.59 Å². The molecular weight excluding hydrogens is 741 g/mol. The van der Waals surface area contributed by atoms with Crippen molar-refractivity contribution in [3.63, 3.8) is 0 Å². The van der Waals surface area contributed by atoms with E-state index in [4.69, 9.17) is 18.9 Å². The van der Waals surface area contributed by atoms with Crippen molar-refractivity contribution in [1.29, 1.82) is 0 Å². The molecule has 0 aliphatic carbocycles. The molecule has 0 aliphatic rings. The second kappa shape index (κ2) is 46.2. The van der Waals surface area contributed by atoms with Gasteiger partial charge in [-0.2, -0.15) is 0 Å². The normalized spacial score (nSPS) is 12.0. The minimum atomic E-state index is -0.497. The van der Waals surface area contributed by atoms with Gasteiger partial charge in [0.2, 0.25) is 0 Å². The zero-order valence-corrected chi connectivity index (χ0v) is 38.5. The van der Waals surface area contributed by atoms with Crippen LogP contribution in [-0.2, 0) is 28.5 Å². The van der Waals surface area contributed by atoms with Gasteiger partial charge in [-0.25, -0.2) is 4.79 Å². The van der Waals surface area contributed by atoms with E-state index in [2.05, 4.69) is 67.8 Å². The molecule has 59 heavy (non-hydrogen) atoms. The lowest BCUT2D eigenvalue weighted by Crippen LogP contribution is -2.32. The molecule has 0 atom stereocenters. The number of hydrogen-bond acceptors (Lipinski definition) is 8. The molecule has 0 unspecified atom stereocenters. The van der Waals surface area contributed by atoms with Crippen molar-refractivity contribution < 1.29 is 33.3 Å². The smallest absolute Gasteiger partial charge is 0.407 e. The maximum Gasteiger partial charge on any atom is 0.407 e. The van der Waals surface area contributed by atoms with Crippen molar-refractivity contribution >= 4 is 18.0 Å². The Balaban J connectivity index is 4.23. The van der Waals surface area contributed by atoms with E-state index in [0.717, 1.165) is 70.8 Å². The summed E-state index contributed by atoms with van der Waals surface area (Å²) in [6, 6.07) is 0. The molecule has 0 spiro atoms. The number of unbranched alkanes of at least 4 members (excludes halogenated alkanes) is 16. The Hall–Kier alpha value is -2.91. The summed E-state index contributed by atoms with van der Waals surface area (Å²) in [6.45, 7) is 7.23. The third-order valence-corrected chi connectivity index (χ3v) is 10.0. The lowest BCUT2D eigenvalue weighted by molar-refractivity contribution is -0.144. The summed E-state index contributed by atoms with van der Waals surface area (Å²) in [5, 5.41) is 2.76. The van der Waals surface area contributed by atoms with Crippen molar-refractivity contribution in [3.05, 3.63) is 48.6 Å². The molecule has 0 radical (unpaired) electrons. The van der Waals surface area contributed by atoms with Crippen LogP contribution in [-0.4, -0.2) is 82.6 Å². The van der Waals surface area contributed by atoms with Crippen molar-refractivity contribution in [1.82, 2.24) is 10.2 Å². The Morgan fingerprint density at radius 2 is 0.932 bits per heavy atom. The molecule has 0 saturated carbocycles. The standard InChI is InChI=1S/C50H90N2O7/c1-5-7-9-11-13-15-17-19-21-23-25-27-29-31-33-39-48(53)57-43-35-37-47(59-50(55)51-41-45-56-46-42-52(3)4)38-36-44-58-49(54)40-34-32-30-28-26-24-22-20-18-16-14-12-10-8-6-2/h13-16,19-22,47H,5-12,17-18,23-46H2,1-4H3,(H,51,55)/b15-13-,16-14-,21-19-,22-20-. The molecule has 1 N–H and O–H groups in total. The van der Waals surface area contributed by atoms with Gasteiger partial charge in [0.1, 0.15) is 6.10 Å². The molecule has 0 aromatic rings. The summed E-state index contributed by atoms with van der Waals surface area (Å²) in [5.74, 6) is -0.340. The second-order valence-corrected chi connectivity index (χ2v) is 16.1. The van der Waals surface area contributed by atoms with Crippen LogP contribution in [0.25, 0.3) is 0 Å². The molecule has 0 heterocycles. The van der Waals surface area contributed by atoms with Crippen LogP contribution in [0.1, 0.15) is 194 Å². The number of ether oxygens (including phenoxy) is 4. The molecule has 0 fully saturated rings. The minimum absolute atomic E-state index is 0.170. The van der Waals surface area contributed by atoms with Gasteiger partial charge in [-0.1, -0.05) is 127 Å². The molecule has 0 aromatic heterocycles. The number of nitrogens with zero attached hydrogens (tertiary/aromatic N) is 1. The largest absolute Gasteiger partial charge is 0.466 e. The third-order valence-electron chi connectivity index (χ3n) is 10.0. The molecule has 0 rings (SSSR count). The summed E-state index contributed by atoms with van der Waals surface area (Å²) in [4.78, 5) is 39.2. The summed E-state index contributed by atoms with van der Waals surface area (Å²) < 4.78 is 22.3. The lowest BCUT2D eigenvalue weighted by Gasteiger charge is -2.18. The fraction of sp³-hybridized carbons (Fsp3) is 0.780. The Kier molecular flexibility index (Phi) is 43.9. The average molecular weight is 831 g/mol. The Morgan fingerprint density at radius 1 is 0.508 bits per heavy atom. The molecule has 1 amide bonds. The molecule has 9 heteroatoms. The van der Waals surface area contributed by atoms with Crippen LogP contribution in [0.2, 0.25) is 0 Å². The second-order valence-electron chi connectivity index (χ2n) is 16.1. The maximum absolute atomic E-state index is 12.5. The van der Waals surface area contributed by atoms with E-state index in [9.17, 15) is 14.4 Å². The quantitative estimate of drug-likeness (QED) is 0.0280. The Labute approximate surface area is 362 Å². The number of carbonyl (C=O) groups is 3. The molecule has 0 aliphatic heterocycles. The highest BCUT2D eigenvalue weighted by Gasteiger charge is 2.15. The van der Waals surface area contributed by atoms with Crippen LogP contribution < -0.4 is 5.32 Å². The highest BCUT2D eigenvalue weighted by molar-refractivity contribution is 5.69. The molecule has 0 saturated heterocycles. The number of carbonyl (C=O) groups excluding carboxylic acids is 3. The predicted octanol–water partition coefficient (Wildman–Crippen LogP) is 12.9. The number of amides is 1. The van der Waals surface area contributed by atoms with Crippen molar-refractivity contribution in [2.75, 3.05) is 53.6 Å². The first-order valence-electron chi connectivity index (χ1n) is 24.0. The predicted molar refractivity (Wildman–Crippen MR) is 247 cm³/mol. The number of alkyl carbamates (subject to hydrolysis) is 1. The van der Waals surface area contributed by atoms with Crippen molar-refractivity contribution in [3.8, 4) is 0 Å². The molecule has 0 bridgehead atoms. The van der Waals surface area contributed by atoms with Gasteiger partial charge in [0.05, 0.1) is 26.4 Å². The van der Waals surface area contributed by atoms with Gasteiger partial charge in [0, 0.05) is 25.9 Å². The van der Waals surface area contributed by atoms with E-state index in [0.29, 0.717) is 71.5 Å². The van der Waals surface area contributed by atoms with Crippen molar-refractivity contribution in [2.24, 2.45) is 0 Å². The molecule has 0 aromatic carbocycles. The lowest BCUT2D eigenvalue weighted by atomic mass is 10.1. The first-order valence-corrected chi connectivity index (χ1v) is 24.0. The monoisotopic (exact) mass is 831 g/mol. The van der Waals surface area contributed by atoms with Crippen LogP contribution in [0.4, 0.5) is 4.79 Å². The molecule has 342 valence electrons. The SMILES string of the molecule is CCCCC/C=C\C/C=C\CCCCCCCC(=O)OCCCC(CCCOC(=O)CCCCCCC/C=C\C/C=C\CCCCC)OC(=O)NCCOCCN(C)C. The van der Waals surface area contributed by atoms with E-state index in [1.807, 2.05) is 19.0 Å². The number of allylic oxidation sites excluding steroid dienone is 8. The zero-order valence-electron chi connectivity index (χ0n) is 38.5. The Bertz CT molecular complexity index is 1010. The van der Waals surface area contributed by atoms with E-state index >= 15 is 0 Å². The number of likely N-dealkylation sites (N-methyl/N-ethyl adjacent to an activating group) is 1. The van der Waals surface area contributed by atoms with Crippen LogP contribution in [0.15, 0.2) is 48.6 Å². The average Bonchev–Trinajstić information content (AvgIpc) is 3.22. The minimum Gasteiger partial charge on any atom is -0.466 e. The van der Waals surface area contributed by atoms with Crippen LogP contribution in [0, 0.1) is 0 Å². The van der Waals surface area contributed by atoms with Crippen LogP contribution >= 0.6 is 0 Å². The van der Waals surface area contributed by atoms with Crippen molar-refractivity contribution in [2.45, 2.75) is 200 Å². The van der Waals surface area contributed by atoms with Gasteiger partial charge in [0.25, 0.3) is 0 Å². The first-order chi connectivity index (χ1) is 28.9. The molecule has 9 nitrogen and oxygen atoms in total. The number of nitrogens with one attached hydrogen (secondary N) is 1. The van der Waals surface area contributed by atoms with E-state index < -0.39 is 6.09 Å². The van der Waals surface area contributed by atoms with Gasteiger partial charge >= 0.3 is 18.0 Å². The summed E-state index contributed by atoms with van der Waals surface area (Å²) in [7, 11) is 3.97. The van der Waals surface area contributed by atoms with Gasteiger partial charge in [-0.05, 0) is 117 Å². The fourth-order valence-corrected chi connectivity index (χ4v) is 6.33. The zero-order chi connectivity index (χ0) is 43.1. The highest BCUT2D eigenvalue weighted by atomic mass is 16.6. The Morgan fingerprint density at radius 3 is 1.37 bits per heavy atom. The maximum atomic E-state index is 12.5.